The molecule has 2 atom stereocenters. The number of carbonyl (C=O) groups is 2. The molecule has 0 radical (unpaired) electrons. The second kappa shape index (κ2) is 5.57. The molecule has 2 unspecified atom stereocenters. The number of carbonyl (C=O) groups excluding carboxylic acids is 2. The summed E-state index contributed by atoms with van der Waals surface area (Å²) in [6.45, 7) is -0.379. The summed E-state index contributed by atoms with van der Waals surface area (Å²) in [6.07, 6.45) is -4.89. The molecule has 0 aliphatic carbocycles. The van der Waals surface area contributed by atoms with E-state index in [2.05, 4.69) is 0 Å². The summed E-state index contributed by atoms with van der Waals surface area (Å²) in [5.41, 5.74) is 5.14. The van der Waals surface area contributed by atoms with Gasteiger partial charge in [-0.2, -0.15) is 13.2 Å². The fraction of sp³-hybridized carbons (Fsp3) is 0.818. The van der Waals surface area contributed by atoms with Crippen LogP contribution in [-0.2, 0) is 14.3 Å². The third-order valence-electron chi connectivity index (χ3n) is 3.50. The minimum Gasteiger partial charge on any atom is -0.367 e. The van der Waals surface area contributed by atoms with Gasteiger partial charge in [-0.15, -0.1) is 0 Å². The second-order valence-corrected chi connectivity index (χ2v) is 4.94. The Balaban J connectivity index is 1.97. The topological polar surface area (TPSA) is 75.9 Å². The van der Waals surface area contributed by atoms with E-state index < -0.39 is 36.7 Å². The molecule has 2 fully saturated rings. The number of hydrogen-bond acceptors (Lipinski definition) is 4. The van der Waals surface area contributed by atoms with E-state index >= 15 is 0 Å². The molecule has 2 heterocycles. The maximum atomic E-state index is 12.3. The molecule has 9 heteroatoms. The van der Waals surface area contributed by atoms with Gasteiger partial charge in [-0.25, -0.2) is 0 Å². The van der Waals surface area contributed by atoms with Gasteiger partial charge >= 0.3 is 6.18 Å². The molecule has 0 saturated carbocycles. The number of rotatable bonds is 3. The van der Waals surface area contributed by atoms with E-state index in [4.69, 9.17) is 10.5 Å². The first-order chi connectivity index (χ1) is 9.28. The number of amides is 2. The fourth-order valence-corrected chi connectivity index (χ4v) is 2.56. The van der Waals surface area contributed by atoms with E-state index in [-0.39, 0.29) is 19.7 Å². The summed E-state index contributed by atoms with van der Waals surface area (Å²) in [7, 11) is 0. The predicted octanol–water partition coefficient (Wildman–Crippen LogP) is -0.664. The Morgan fingerprint density at radius 2 is 2.10 bits per heavy atom. The fourth-order valence-electron chi connectivity index (χ4n) is 2.56. The number of nitrogens with zero attached hydrogens (tertiary/aromatic N) is 2. The summed E-state index contributed by atoms with van der Waals surface area (Å²) in [5, 5.41) is 0. The van der Waals surface area contributed by atoms with Crippen molar-refractivity contribution in [2.24, 2.45) is 5.73 Å². The monoisotopic (exact) mass is 295 g/mol. The lowest BCUT2D eigenvalue weighted by Crippen LogP contribution is -2.54. The third-order valence-corrected chi connectivity index (χ3v) is 3.50. The smallest absolute Gasteiger partial charge is 0.367 e. The molecule has 2 saturated heterocycles. The standard InChI is InChI=1S/C11H16F3N3O3/c12-11(13,14)6-17-2-1-7(10(17)19)16-3-4-20-8(5-16)9(15)18/h7-8H,1-6H2,(H2,15,18). The van der Waals surface area contributed by atoms with Crippen LogP contribution in [0, 0.1) is 0 Å². The van der Waals surface area contributed by atoms with Crippen molar-refractivity contribution in [3.63, 3.8) is 0 Å². The molecule has 0 spiro atoms. The number of primary amides is 1. The molecule has 2 N–H and O–H groups in total. The van der Waals surface area contributed by atoms with Crippen LogP contribution < -0.4 is 5.73 Å². The SMILES string of the molecule is NC(=O)C1CN(C2CCN(CC(F)(F)F)C2=O)CCO1. The van der Waals surface area contributed by atoms with Gasteiger partial charge < -0.3 is 15.4 Å². The lowest BCUT2D eigenvalue weighted by molar-refractivity contribution is -0.160. The average molecular weight is 295 g/mol. The quantitative estimate of drug-likeness (QED) is 0.749. The number of halogens is 3. The van der Waals surface area contributed by atoms with Crippen LogP contribution in [0.1, 0.15) is 6.42 Å². The normalized spacial score (nSPS) is 28.9. The van der Waals surface area contributed by atoms with Gasteiger partial charge in [-0.1, -0.05) is 0 Å². The molecule has 2 aliphatic rings. The highest BCUT2D eigenvalue weighted by atomic mass is 19.4. The molecule has 2 aliphatic heterocycles. The van der Waals surface area contributed by atoms with Crippen molar-refractivity contribution in [3.05, 3.63) is 0 Å². The number of likely N-dealkylation sites (tertiary alicyclic amines) is 1. The Kier molecular flexibility index (Phi) is 4.19. The molecular weight excluding hydrogens is 279 g/mol. The minimum absolute atomic E-state index is 0.0710. The maximum Gasteiger partial charge on any atom is 0.406 e. The zero-order valence-electron chi connectivity index (χ0n) is 10.7. The van der Waals surface area contributed by atoms with Crippen LogP contribution >= 0.6 is 0 Å². The van der Waals surface area contributed by atoms with E-state index in [0.717, 1.165) is 4.90 Å². The summed E-state index contributed by atoms with van der Waals surface area (Å²) < 4.78 is 42.1. The number of alkyl halides is 3. The first kappa shape index (κ1) is 15.0. The van der Waals surface area contributed by atoms with Crippen molar-refractivity contribution in [2.75, 3.05) is 32.8 Å². The molecule has 6 nitrogen and oxygen atoms in total. The van der Waals surface area contributed by atoms with Gasteiger partial charge in [0.2, 0.25) is 11.8 Å². The summed E-state index contributed by atoms with van der Waals surface area (Å²) in [6, 6.07) is -0.622. The molecule has 0 aromatic heterocycles. The van der Waals surface area contributed by atoms with E-state index in [1.54, 1.807) is 4.90 Å². The lowest BCUT2D eigenvalue weighted by Gasteiger charge is -2.34. The zero-order valence-corrected chi connectivity index (χ0v) is 10.7. The molecule has 114 valence electrons. The van der Waals surface area contributed by atoms with Crippen LogP contribution in [0.4, 0.5) is 13.2 Å². The maximum absolute atomic E-state index is 12.3. The number of hydrogen-bond donors (Lipinski definition) is 1. The highest BCUT2D eigenvalue weighted by Crippen LogP contribution is 2.24. The largest absolute Gasteiger partial charge is 0.406 e. The van der Waals surface area contributed by atoms with Crippen molar-refractivity contribution < 1.29 is 27.5 Å². The summed E-state index contributed by atoms with van der Waals surface area (Å²) in [5.74, 6) is -1.18. The second-order valence-electron chi connectivity index (χ2n) is 4.94. The van der Waals surface area contributed by atoms with Crippen molar-refractivity contribution in [3.8, 4) is 0 Å². The molecular formula is C11H16F3N3O3. The van der Waals surface area contributed by atoms with E-state index in [1.165, 1.54) is 0 Å². The highest BCUT2D eigenvalue weighted by molar-refractivity contribution is 5.84. The molecule has 0 bridgehead atoms. The van der Waals surface area contributed by atoms with Crippen LogP contribution in [0.5, 0.6) is 0 Å². The first-order valence-corrected chi connectivity index (χ1v) is 6.28. The molecule has 2 rings (SSSR count). The van der Waals surface area contributed by atoms with Crippen molar-refractivity contribution in [2.45, 2.75) is 24.7 Å². The van der Waals surface area contributed by atoms with Crippen LogP contribution in [0.3, 0.4) is 0 Å². The van der Waals surface area contributed by atoms with Crippen LogP contribution in [0.25, 0.3) is 0 Å². The minimum atomic E-state index is -4.40. The Labute approximate surface area is 113 Å². The third kappa shape index (κ3) is 3.40. The van der Waals surface area contributed by atoms with E-state index in [0.29, 0.717) is 13.0 Å². The highest BCUT2D eigenvalue weighted by Gasteiger charge is 2.42. The molecule has 2 amide bonds. The van der Waals surface area contributed by atoms with Gasteiger partial charge in [-0.3, -0.25) is 14.5 Å². The van der Waals surface area contributed by atoms with Crippen LogP contribution in [-0.4, -0.2) is 72.7 Å². The average Bonchev–Trinajstić information content (AvgIpc) is 2.69. The first-order valence-electron chi connectivity index (χ1n) is 6.28. The van der Waals surface area contributed by atoms with Crippen LogP contribution in [0.2, 0.25) is 0 Å². The summed E-state index contributed by atoms with van der Waals surface area (Å²) in [4.78, 5) is 25.5. The molecule has 0 aromatic carbocycles. The van der Waals surface area contributed by atoms with Crippen LogP contribution in [0.15, 0.2) is 0 Å². The van der Waals surface area contributed by atoms with E-state index in [9.17, 15) is 22.8 Å². The Hall–Kier alpha value is -1.35. The predicted molar refractivity (Wildman–Crippen MR) is 61.5 cm³/mol. The molecule has 20 heavy (non-hydrogen) atoms. The Morgan fingerprint density at radius 1 is 1.40 bits per heavy atom. The Bertz CT molecular complexity index is 402. The van der Waals surface area contributed by atoms with Crippen molar-refractivity contribution >= 4 is 11.8 Å². The van der Waals surface area contributed by atoms with Crippen molar-refractivity contribution in [1.82, 2.24) is 9.80 Å². The van der Waals surface area contributed by atoms with Crippen molar-refractivity contribution in [1.29, 1.82) is 0 Å². The number of nitrogens with two attached hydrogens (primary N) is 1. The van der Waals surface area contributed by atoms with E-state index in [1.807, 2.05) is 0 Å². The van der Waals surface area contributed by atoms with Gasteiger partial charge in [0, 0.05) is 19.6 Å². The molecule has 0 aromatic rings. The summed E-state index contributed by atoms with van der Waals surface area (Å²) >= 11 is 0. The van der Waals surface area contributed by atoms with Gasteiger partial charge in [0.25, 0.3) is 0 Å². The van der Waals surface area contributed by atoms with Gasteiger partial charge in [0.15, 0.2) is 0 Å². The Morgan fingerprint density at radius 3 is 2.70 bits per heavy atom. The van der Waals surface area contributed by atoms with Gasteiger partial charge in [0.05, 0.1) is 12.6 Å². The zero-order chi connectivity index (χ0) is 14.9. The number of ether oxygens (including phenoxy) is 1. The van der Waals surface area contributed by atoms with Gasteiger partial charge in [0.1, 0.15) is 12.6 Å². The lowest BCUT2D eigenvalue weighted by atomic mass is 10.1. The number of morpholine rings is 1. The van der Waals surface area contributed by atoms with Gasteiger partial charge in [-0.05, 0) is 6.42 Å².